The Balaban J connectivity index is 1.23. The number of nitrogens with zero attached hydrogens (tertiary/aromatic N) is 2. The molecule has 1 aromatic heterocycles. The number of urea groups is 1. The van der Waals surface area contributed by atoms with Crippen LogP contribution in [0.25, 0.3) is 0 Å². The fourth-order valence-electron chi connectivity index (χ4n) is 3.51. The van der Waals surface area contributed by atoms with E-state index in [4.69, 9.17) is 0 Å². The van der Waals surface area contributed by atoms with Gasteiger partial charge in [-0.1, -0.05) is 54.6 Å². The van der Waals surface area contributed by atoms with E-state index in [1.165, 1.54) is 22.9 Å². The number of aryl methyl sites for hydroxylation is 1. The van der Waals surface area contributed by atoms with Crippen molar-refractivity contribution in [1.82, 2.24) is 15.2 Å². The van der Waals surface area contributed by atoms with E-state index < -0.39 is 0 Å². The van der Waals surface area contributed by atoms with Gasteiger partial charge in [0.15, 0.2) is 0 Å². The van der Waals surface area contributed by atoms with Crippen LogP contribution >= 0.6 is 0 Å². The van der Waals surface area contributed by atoms with Crippen LogP contribution in [0.4, 0.5) is 10.6 Å². The van der Waals surface area contributed by atoms with Gasteiger partial charge in [-0.2, -0.15) is 0 Å². The van der Waals surface area contributed by atoms with Gasteiger partial charge >= 0.3 is 6.03 Å². The van der Waals surface area contributed by atoms with E-state index in [0.29, 0.717) is 31.0 Å². The van der Waals surface area contributed by atoms with Gasteiger partial charge in [0.05, 0.1) is 5.56 Å². The van der Waals surface area contributed by atoms with E-state index in [-0.39, 0.29) is 11.9 Å². The van der Waals surface area contributed by atoms with Gasteiger partial charge in [0.2, 0.25) is 0 Å². The zero-order chi connectivity index (χ0) is 20.8. The van der Waals surface area contributed by atoms with Crippen LogP contribution in [0.3, 0.4) is 0 Å². The Labute approximate surface area is 175 Å². The molecule has 6 nitrogen and oxygen atoms in total. The Hall–Kier alpha value is -3.67. The number of amides is 3. The second kappa shape index (κ2) is 9.22. The second-order valence-electron chi connectivity index (χ2n) is 7.33. The number of carbonyl (C=O) groups excluding carboxylic acids is 2. The van der Waals surface area contributed by atoms with Crippen molar-refractivity contribution >= 4 is 17.8 Å². The third-order valence-corrected chi connectivity index (χ3v) is 5.16. The number of nitrogens with one attached hydrogen (secondary N) is 2. The average molecular weight is 400 g/mol. The largest absolute Gasteiger partial charge is 0.352 e. The van der Waals surface area contributed by atoms with Gasteiger partial charge in [-0.15, -0.1) is 0 Å². The van der Waals surface area contributed by atoms with E-state index in [0.717, 1.165) is 12.8 Å². The van der Waals surface area contributed by atoms with E-state index in [9.17, 15) is 9.59 Å². The Kier molecular flexibility index (Phi) is 6.03. The van der Waals surface area contributed by atoms with Gasteiger partial charge in [-0.25, -0.2) is 9.78 Å². The maximum Gasteiger partial charge on any atom is 0.323 e. The third kappa shape index (κ3) is 4.84. The first-order valence-corrected chi connectivity index (χ1v) is 10.1. The first-order valence-electron chi connectivity index (χ1n) is 10.1. The Morgan fingerprint density at radius 3 is 2.27 bits per heavy atom. The molecule has 0 radical (unpaired) electrons. The molecule has 0 unspecified atom stereocenters. The number of rotatable bonds is 6. The third-order valence-electron chi connectivity index (χ3n) is 5.16. The molecule has 0 saturated carbocycles. The molecule has 2 aromatic carbocycles. The van der Waals surface area contributed by atoms with Gasteiger partial charge in [-0.3, -0.25) is 10.1 Å². The Morgan fingerprint density at radius 1 is 0.900 bits per heavy atom. The minimum atomic E-state index is -0.197. The van der Waals surface area contributed by atoms with Crippen molar-refractivity contribution < 1.29 is 9.59 Å². The number of pyridine rings is 1. The van der Waals surface area contributed by atoms with Crippen molar-refractivity contribution in [2.75, 3.05) is 11.9 Å². The monoisotopic (exact) mass is 400 g/mol. The van der Waals surface area contributed by atoms with Gasteiger partial charge in [0.25, 0.3) is 5.91 Å². The molecule has 0 spiro atoms. The van der Waals surface area contributed by atoms with Crippen LogP contribution in [0.2, 0.25) is 0 Å². The summed E-state index contributed by atoms with van der Waals surface area (Å²) in [5.74, 6) is 0.264. The molecule has 0 bridgehead atoms. The lowest BCUT2D eigenvalue weighted by Crippen LogP contribution is -2.30. The van der Waals surface area contributed by atoms with Crippen LogP contribution < -0.4 is 10.6 Å². The molecule has 4 rings (SSSR count). The summed E-state index contributed by atoms with van der Waals surface area (Å²) in [5.41, 5.74) is 4.07. The molecule has 152 valence electrons. The number of hydrogen-bond acceptors (Lipinski definition) is 3. The molecule has 1 aliphatic rings. The highest BCUT2D eigenvalue weighted by Gasteiger charge is 2.23. The van der Waals surface area contributed by atoms with E-state index >= 15 is 0 Å². The summed E-state index contributed by atoms with van der Waals surface area (Å²) < 4.78 is 0. The normalized spacial score (nSPS) is 12.3. The van der Waals surface area contributed by atoms with Crippen LogP contribution in [-0.2, 0) is 19.5 Å². The number of hydrogen-bond donors (Lipinski definition) is 2. The maximum absolute atomic E-state index is 12.5. The predicted octanol–water partition coefficient (Wildman–Crippen LogP) is 3.99. The van der Waals surface area contributed by atoms with Crippen molar-refractivity contribution in [3.8, 4) is 0 Å². The van der Waals surface area contributed by atoms with E-state index in [1.807, 2.05) is 42.5 Å². The van der Waals surface area contributed by atoms with Crippen molar-refractivity contribution in [3.63, 3.8) is 0 Å². The van der Waals surface area contributed by atoms with Crippen molar-refractivity contribution in [2.45, 2.75) is 25.9 Å². The molecule has 0 atom stereocenters. The summed E-state index contributed by atoms with van der Waals surface area (Å²) in [7, 11) is 0. The van der Waals surface area contributed by atoms with Crippen LogP contribution in [0, 0.1) is 0 Å². The molecular weight excluding hydrogens is 376 g/mol. The van der Waals surface area contributed by atoms with Crippen molar-refractivity contribution in [2.24, 2.45) is 0 Å². The molecule has 6 heteroatoms. The molecule has 3 amide bonds. The fourth-order valence-corrected chi connectivity index (χ4v) is 3.51. The maximum atomic E-state index is 12.5. The molecule has 3 aromatic rings. The Morgan fingerprint density at radius 2 is 1.60 bits per heavy atom. The SMILES string of the molecule is O=C(NCCCc1ccccc1)c1ccc(NC(=O)N2Cc3ccccc3C2)nc1. The van der Waals surface area contributed by atoms with Crippen LogP contribution in [0.15, 0.2) is 72.9 Å². The topological polar surface area (TPSA) is 74.3 Å². The highest BCUT2D eigenvalue weighted by Crippen LogP contribution is 2.22. The summed E-state index contributed by atoms with van der Waals surface area (Å²) in [4.78, 5) is 30.7. The zero-order valence-electron chi connectivity index (χ0n) is 16.7. The number of benzene rings is 2. The zero-order valence-corrected chi connectivity index (χ0v) is 16.7. The smallest absolute Gasteiger partial charge is 0.323 e. The highest BCUT2D eigenvalue weighted by molar-refractivity contribution is 5.94. The molecule has 30 heavy (non-hydrogen) atoms. The number of aromatic nitrogens is 1. The number of fused-ring (bicyclic) bond motifs is 1. The molecule has 2 heterocycles. The van der Waals surface area contributed by atoms with E-state index in [2.05, 4.69) is 27.8 Å². The lowest BCUT2D eigenvalue weighted by atomic mass is 10.1. The van der Waals surface area contributed by atoms with Crippen LogP contribution in [0.1, 0.15) is 33.5 Å². The summed E-state index contributed by atoms with van der Waals surface area (Å²) in [6, 6.07) is 21.4. The predicted molar refractivity (Wildman–Crippen MR) is 116 cm³/mol. The van der Waals surface area contributed by atoms with Crippen LogP contribution in [0.5, 0.6) is 0 Å². The lowest BCUT2D eigenvalue weighted by molar-refractivity contribution is 0.0953. The standard InChI is InChI=1S/C24H24N4O2/c29-23(25-14-6-9-18-7-2-1-3-8-18)19-12-13-22(26-15-19)27-24(30)28-16-20-10-4-5-11-21(20)17-28/h1-5,7-8,10-13,15H,6,9,14,16-17H2,(H,25,29)(H,26,27,30). The second-order valence-corrected chi connectivity index (χ2v) is 7.33. The van der Waals surface area contributed by atoms with Gasteiger partial charge in [-0.05, 0) is 41.7 Å². The van der Waals surface area contributed by atoms with Crippen molar-refractivity contribution in [1.29, 1.82) is 0 Å². The summed E-state index contributed by atoms with van der Waals surface area (Å²) in [5, 5.41) is 5.71. The number of anilines is 1. The average Bonchev–Trinajstić information content (AvgIpc) is 3.22. The lowest BCUT2D eigenvalue weighted by Gasteiger charge is -2.16. The summed E-state index contributed by atoms with van der Waals surface area (Å²) in [6.45, 7) is 1.78. The minimum absolute atomic E-state index is 0.163. The molecular formula is C24H24N4O2. The van der Waals surface area contributed by atoms with Gasteiger partial charge in [0.1, 0.15) is 5.82 Å². The first-order chi connectivity index (χ1) is 14.7. The Bertz CT molecular complexity index is 994. The molecule has 0 saturated heterocycles. The van der Waals surface area contributed by atoms with Gasteiger partial charge in [0, 0.05) is 25.8 Å². The molecule has 0 fully saturated rings. The molecule has 2 N–H and O–H groups in total. The molecule has 0 aliphatic carbocycles. The fraction of sp³-hybridized carbons (Fsp3) is 0.208. The number of carbonyl (C=O) groups is 2. The van der Waals surface area contributed by atoms with Crippen molar-refractivity contribution in [3.05, 3.63) is 95.2 Å². The quantitative estimate of drug-likeness (QED) is 0.615. The minimum Gasteiger partial charge on any atom is -0.352 e. The first kappa shape index (κ1) is 19.6. The van der Waals surface area contributed by atoms with Crippen LogP contribution in [-0.4, -0.2) is 28.4 Å². The van der Waals surface area contributed by atoms with E-state index in [1.54, 1.807) is 17.0 Å². The summed E-state index contributed by atoms with van der Waals surface area (Å²) in [6.07, 6.45) is 3.28. The van der Waals surface area contributed by atoms with Gasteiger partial charge < -0.3 is 10.2 Å². The molecule has 1 aliphatic heterocycles. The summed E-state index contributed by atoms with van der Waals surface area (Å²) >= 11 is 0. The highest BCUT2D eigenvalue weighted by atomic mass is 16.2.